The molecule has 13 heteroatoms. The van der Waals surface area contributed by atoms with Crippen LogP contribution in [0.4, 0.5) is 11.4 Å². The number of anilines is 2. The predicted octanol–water partition coefficient (Wildman–Crippen LogP) is 7.41. The van der Waals surface area contributed by atoms with Crippen molar-refractivity contribution in [2.24, 2.45) is 0 Å². The van der Waals surface area contributed by atoms with E-state index in [1.807, 2.05) is 95.6 Å². The van der Waals surface area contributed by atoms with Gasteiger partial charge in [0.05, 0.1) is 24.3 Å². The van der Waals surface area contributed by atoms with E-state index < -0.39 is 10.0 Å². The number of hydrogen-bond donors (Lipinski definition) is 1. The van der Waals surface area contributed by atoms with Gasteiger partial charge < -0.3 is 19.1 Å². The molecule has 1 aliphatic rings. The number of hydrogen-bond acceptors (Lipinski definition) is 9. The van der Waals surface area contributed by atoms with Crippen LogP contribution in [-0.4, -0.2) is 61.7 Å². The number of carbonyl (C=O) groups is 1. The van der Waals surface area contributed by atoms with Gasteiger partial charge in [-0.05, 0) is 59.7 Å². The molecule has 54 heavy (non-hydrogen) atoms. The number of sulfonamides is 1. The van der Waals surface area contributed by atoms with Gasteiger partial charge in [0.25, 0.3) is 10.0 Å². The Bertz CT molecular complexity index is 2350. The molecule has 1 N–H and O–H groups in total. The maximum atomic E-state index is 14.1. The van der Waals surface area contributed by atoms with Crippen LogP contribution in [0.25, 0.3) is 17.5 Å². The van der Waals surface area contributed by atoms with Crippen molar-refractivity contribution in [2.45, 2.75) is 16.6 Å². The molecule has 0 saturated carbocycles. The minimum Gasteiger partial charge on any atom is -0.497 e. The lowest BCUT2D eigenvalue weighted by Crippen LogP contribution is -2.33. The SMILES string of the molecule is COc1ccc(NS(=O)(=O)c2cccc(-c3nnc(SCC(=O)N(C/C=C/c4ccccc4)c4ccc5c(c4)OCCO5)n3Cc3ccccc3)c2)cc1. The summed E-state index contributed by atoms with van der Waals surface area (Å²) in [6.45, 7) is 1.62. The van der Waals surface area contributed by atoms with E-state index in [4.69, 9.17) is 14.2 Å². The Labute approximate surface area is 318 Å². The summed E-state index contributed by atoms with van der Waals surface area (Å²) in [5.41, 5.74) is 3.64. The number of ether oxygens (including phenoxy) is 3. The van der Waals surface area contributed by atoms with Gasteiger partial charge in [-0.15, -0.1) is 10.2 Å². The van der Waals surface area contributed by atoms with E-state index in [0.717, 1.165) is 11.1 Å². The maximum Gasteiger partial charge on any atom is 0.261 e. The third-order valence-electron chi connectivity index (χ3n) is 8.51. The van der Waals surface area contributed by atoms with Crippen molar-refractivity contribution in [3.05, 3.63) is 145 Å². The average Bonchev–Trinajstić information content (AvgIpc) is 3.61. The fourth-order valence-corrected chi connectivity index (χ4v) is 7.72. The summed E-state index contributed by atoms with van der Waals surface area (Å²) in [4.78, 5) is 15.8. The Morgan fingerprint density at radius 3 is 2.37 bits per heavy atom. The van der Waals surface area contributed by atoms with Crippen LogP contribution in [0, 0.1) is 0 Å². The standard InChI is InChI=1S/C41H37N5O6S2/c1-50-35-20-17-33(18-21-35)44-54(48,49)36-16-8-15-32(26-36)40-42-43-41(46(40)28-31-12-6-3-7-13-31)53-29-39(47)45(23-9-14-30-10-4-2-5-11-30)34-19-22-37-38(27-34)52-25-24-51-37/h2-22,26-27,44H,23-25,28-29H2,1H3/b14-9+. The smallest absolute Gasteiger partial charge is 0.261 e. The lowest BCUT2D eigenvalue weighted by atomic mass is 10.2. The molecule has 1 aliphatic heterocycles. The highest BCUT2D eigenvalue weighted by Crippen LogP contribution is 2.35. The molecule has 2 heterocycles. The molecule has 0 radical (unpaired) electrons. The molecule has 7 rings (SSSR count). The van der Waals surface area contributed by atoms with Crippen molar-refractivity contribution < 1.29 is 27.4 Å². The summed E-state index contributed by atoms with van der Waals surface area (Å²) >= 11 is 1.26. The van der Waals surface area contributed by atoms with Crippen LogP contribution in [0.2, 0.25) is 0 Å². The number of nitrogens with zero attached hydrogens (tertiary/aromatic N) is 4. The molecule has 0 fully saturated rings. The molecule has 0 saturated heterocycles. The Kier molecular flexibility index (Phi) is 11.3. The van der Waals surface area contributed by atoms with Crippen molar-refractivity contribution in [3.8, 4) is 28.6 Å². The van der Waals surface area contributed by atoms with Gasteiger partial charge in [0.2, 0.25) is 5.91 Å². The highest BCUT2D eigenvalue weighted by Gasteiger charge is 2.23. The lowest BCUT2D eigenvalue weighted by molar-refractivity contribution is -0.116. The van der Waals surface area contributed by atoms with E-state index >= 15 is 0 Å². The number of benzene rings is 5. The van der Waals surface area contributed by atoms with Crippen molar-refractivity contribution in [1.29, 1.82) is 0 Å². The molecule has 0 atom stereocenters. The van der Waals surface area contributed by atoms with Gasteiger partial charge in [-0.2, -0.15) is 0 Å². The maximum absolute atomic E-state index is 14.1. The van der Waals surface area contributed by atoms with Gasteiger partial charge in [0.1, 0.15) is 19.0 Å². The van der Waals surface area contributed by atoms with Crippen LogP contribution in [0.1, 0.15) is 11.1 Å². The first-order valence-electron chi connectivity index (χ1n) is 17.2. The number of fused-ring (bicyclic) bond motifs is 1. The third-order valence-corrected chi connectivity index (χ3v) is 10.8. The molecule has 0 unspecified atom stereocenters. The topological polar surface area (TPSA) is 125 Å². The first-order valence-corrected chi connectivity index (χ1v) is 19.6. The summed E-state index contributed by atoms with van der Waals surface area (Å²) in [6.07, 6.45) is 3.93. The number of thioether (sulfide) groups is 1. The zero-order valence-electron chi connectivity index (χ0n) is 29.4. The normalized spacial score (nSPS) is 12.4. The Morgan fingerprint density at radius 1 is 0.870 bits per heavy atom. The molecule has 1 amide bonds. The number of carbonyl (C=O) groups excluding carboxylic acids is 1. The summed E-state index contributed by atoms with van der Waals surface area (Å²) in [7, 11) is -2.40. The van der Waals surface area contributed by atoms with Crippen molar-refractivity contribution in [1.82, 2.24) is 14.8 Å². The van der Waals surface area contributed by atoms with Crippen LogP contribution in [0.3, 0.4) is 0 Å². The zero-order valence-corrected chi connectivity index (χ0v) is 31.0. The van der Waals surface area contributed by atoms with Crippen molar-refractivity contribution in [3.63, 3.8) is 0 Å². The minimum atomic E-state index is -3.94. The second kappa shape index (κ2) is 16.7. The van der Waals surface area contributed by atoms with E-state index in [1.54, 1.807) is 54.5 Å². The first-order chi connectivity index (χ1) is 26.4. The summed E-state index contributed by atoms with van der Waals surface area (Å²) in [5, 5.41) is 9.53. The number of methoxy groups -OCH3 is 1. The fraction of sp³-hybridized carbons (Fsp3) is 0.146. The van der Waals surface area contributed by atoms with Crippen molar-refractivity contribution in [2.75, 3.05) is 42.2 Å². The molecule has 0 spiro atoms. The van der Waals surface area contributed by atoms with Gasteiger partial charge in [-0.25, -0.2) is 8.42 Å². The molecule has 11 nitrogen and oxygen atoms in total. The molecule has 6 aromatic rings. The quantitative estimate of drug-likeness (QED) is 0.113. The van der Waals surface area contributed by atoms with Crippen molar-refractivity contribution >= 4 is 45.1 Å². The van der Waals surface area contributed by atoms with Crippen LogP contribution in [0.15, 0.2) is 144 Å². The molecular formula is C41H37N5O6S2. The predicted molar refractivity (Wildman–Crippen MR) is 211 cm³/mol. The van der Waals surface area contributed by atoms with Gasteiger partial charge in [-0.1, -0.05) is 96.7 Å². The van der Waals surface area contributed by atoms with Gasteiger partial charge in [-0.3, -0.25) is 14.1 Å². The van der Waals surface area contributed by atoms with Gasteiger partial charge in [0, 0.05) is 29.5 Å². The number of aromatic nitrogens is 3. The monoisotopic (exact) mass is 759 g/mol. The largest absolute Gasteiger partial charge is 0.497 e. The Morgan fingerprint density at radius 2 is 1.61 bits per heavy atom. The Balaban J connectivity index is 1.16. The molecule has 0 aliphatic carbocycles. The highest BCUT2D eigenvalue weighted by atomic mass is 32.2. The van der Waals surface area contributed by atoms with Crippen LogP contribution in [-0.2, 0) is 21.4 Å². The summed E-state index contributed by atoms with van der Waals surface area (Å²) in [5.74, 6) is 2.21. The van der Waals surface area contributed by atoms with Crippen LogP contribution < -0.4 is 23.8 Å². The number of rotatable bonds is 14. The number of nitrogens with one attached hydrogen (secondary N) is 1. The van der Waals surface area contributed by atoms with E-state index in [2.05, 4.69) is 14.9 Å². The van der Waals surface area contributed by atoms with E-state index in [9.17, 15) is 13.2 Å². The zero-order chi connectivity index (χ0) is 37.3. The van der Waals surface area contributed by atoms with Crippen LogP contribution in [0.5, 0.6) is 17.2 Å². The molecule has 274 valence electrons. The minimum absolute atomic E-state index is 0.0563. The molecular weight excluding hydrogens is 723 g/mol. The number of amides is 1. The molecule has 0 bridgehead atoms. The lowest BCUT2D eigenvalue weighted by Gasteiger charge is -2.24. The highest BCUT2D eigenvalue weighted by molar-refractivity contribution is 7.99. The van der Waals surface area contributed by atoms with E-state index in [1.165, 1.54) is 17.8 Å². The average molecular weight is 760 g/mol. The molecule has 1 aromatic heterocycles. The van der Waals surface area contributed by atoms with Gasteiger partial charge in [0.15, 0.2) is 22.5 Å². The van der Waals surface area contributed by atoms with E-state index in [0.29, 0.717) is 71.5 Å². The van der Waals surface area contributed by atoms with Gasteiger partial charge >= 0.3 is 0 Å². The molecule has 5 aromatic carbocycles. The second-order valence-electron chi connectivity index (χ2n) is 12.2. The first kappa shape index (κ1) is 36.3. The summed E-state index contributed by atoms with van der Waals surface area (Å²) in [6, 6.07) is 38.4. The van der Waals surface area contributed by atoms with Crippen LogP contribution >= 0.6 is 11.8 Å². The third kappa shape index (κ3) is 8.76. The Hall–Kier alpha value is -6.05. The van der Waals surface area contributed by atoms with E-state index in [-0.39, 0.29) is 16.6 Å². The fourth-order valence-electron chi connectivity index (χ4n) is 5.81. The summed E-state index contributed by atoms with van der Waals surface area (Å²) < 4.78 is 48.2. The second-order valence-corrected chi connectivity index (χ2v) is 14.8.